The number of furan rings is 1. The maximum atomic E-state index is 11.9. The highest BCUT2D eigenvalue weighted by Gasteiger charge is 2.24. The molecule has 0 aromatic carbocycles. The van der Waals surface area contributed by atoms with Crippen molar-refractivity contribution in [3.63, 3.8) is 0 Å². The number of aromatic carboxylic acids is 1. The highest BCUT2D eigenvalue weighted by molar-refractivity contribution is 7.17. The molecule has 2 heterocycles. The number of carboxylic acid groups (broad SMARTS) is 1. The Balaban J connectivity index is 1.93. The van der Waals surface area contributed by atoms with Gasteiger partial charge in [0.1, 0.15) is 5.00 Å². The first-order valence-corrected chi connectivity index (χ1v) is 6.69. The number of anilines is 1. The van der Waals surface area contributed by atoms with Crippen molar-refractivity contribution in [3.8, 4) is 0 Å². The third kappa shape index (κ3) is 2.04. The number of hydrogen-bond acceptors (Lipinski definition) is 5. The van der Waals surface area contributed by atoms with Gasteiger partial charge < -0.3 is 19.6 Å². The maximum absolute atomic E-state index is 11.9. The van der Waals surface area contributed by atoms with Crippen LogP contribution in [0.3, 0.4) is 0 Å². The van der Waals surface area contributed by atoms with Gasteiger partial charge in [-0.15, -0.1) is 11.3 Å². The van der Waals surface area contributed by atoms with Crippen molar-refractivity contribution in [3.05, 3.63) is 40.2 Å². The minimum atomic E-state index is -1.24. The van der Waals surface area contributed by atoms with Gasteiger partial charge in [0, 0.05) is 10.4 Å². The fraction of sp³-hybridized carbons (Fsp3) is 0.231. The molecule has 1 amide bonds. The molecule has 2 aromatic rings. The molecular weight excluding hydrogens is 266 g/mol. The van der Waals surface area contributed by atoms with Crippen molar-refractivity contribution >= 4 is 28.2 Å². The Bertz CT molecular complexity index is 642. The molecule has 19 heavy (non-hydrogen) atoms. The molecule has 0 atom stereocenters. The number of carbonyl (C=O) groups excluding carboxylic acids is 2. The third-order valence-electron chi connectivity index (χ3n) is 3.10. The van der Waals surface area contributed by atoms with E-state index < -0.39 is 11.9 Å². The van der Waals surface area contributed by atoms with Gasteiger partial charge in [0.2, 0.25) is 0 Å². The summed E-state index contributed by atoms with van der Waals surface area (Å²) in [4.78, 5) is 24.1. The number of carbonyl (C=O) groups is 2. The van der Waals surface area contributed by atoms with E-state index >= 15 is 0 Å². The van der Waals surface area contributed by atoms with Crippen LogP contribution in [-0.4, -0.2) is 11.9 Å². The molecule has 1 N–H and O–H groups in total. The molecule has 98 valence electrons. The van der Waals surface area contributed by atoms with Crippen LogP contribution in [0.1, 0.15) is 37.8 Å². The Morgan fingerprint density at radius 3 is 2.89 bits per heavy atom. The summed E-state index contributed by atoms with van der Waals surface area (Å²) in [5, 5.41) is 14.2. The van der Waals surface area contributed by atoms with Crippen LogP contribution in [0.15, 0.2) is 22.8 Å². The highest BCUT2D eigenvalue weighted by atomic mass is 32.1. The molecule has 0 spiro atoms. The molecule has 0 unspecified atom stereocenters. The summed E-state index contributed by atoms with van der Waals surface area (Å²) < 4.78 is 4.97. The van der Waals surface area contributed by atoms with Crippen LogP contribution >= 0.6 is 11.3 Å². The molecular formula is C13H10NO4S-. The first kappa shape index (κ1) is 12.0. The number of aryl methyl sites for hydroxylation is 1. The Hall–Kier alpha value is -2.08. The largest absolute Gasteiger partial charge is 0.545 e. The van der Waals surface area contributed by atoms with Crippen LogP contribution in [0.2, 0.25) is 0 Å². The summed E-state index contributed by atoms with van der Waals surface area (Å²) in [7, 11) is 0. The van der Waals surface area contributed by atoms with Gasteiger partial charge in [-0.3, -0.25) is 4.79 Å². The molecule has 0 fully saturated rings. The molecule has 3 rings (SSSR count). The van der Waals surface area contributed by atoms with E-state index in [1.165, 1.54) is 23.7 Å². The van der Waals surface area contributed by atoms with E-state index in [9.17, 15) is 14.7 Å². The van der Waals surface area contributed by atoms with Gasteiger partial charge in [-0.05, 0) is 37.0 Å². The summed E-state index contributed by atoms with van der Waals surface area (Å²) in [6, 6.07) is 3.12. The van der Waals surface area contributed by atoms with Crippen molar-refractivity contribution in [1.29, 1.82) is 0 Å². The quantitative estimate of drug-likeness (QED) is 0.919. The zero-order valence-corrected chi connectivity index (χ0v) is 10.7. The standard InChI is InChI=1S/C13H11NO4S/c15-11(8-4-2-6-18-8)14-12-10(13(16)17)7-3-1-5-9(7)19-12/h2,4,6H,1,3,5H2,(H,14,15)(H,16,17)/p-1. The molecule has 1 aliphatic carbocycles. The minimum Gasteiger partial charge on any atom is -0.545 e. The summed E-state index contributed by atoms with van der Waals surface area (Å²) in [5.74, 6) is -1.54. The monoisotopic (exact) mass is 276 g/mol. The second kappa shape index (κ2) is 4.55. The van der Waals surface area contributed by atoms with E-state index in [0.29, 0.717) is 5.00 Å². The average Bonchev–Trinajstić information content (AvgIpc) is 3.03. The predicted octanol–water partition coefficient (Wildman–Crippen LogP) is 1.45. The molecule has 6 heteroatoms. The minimum absolute atomic E-state index is 0.123. The average molecular weight is 276 g/mol. The van der Waals surface area contributed by atoms with E-state index in [-0.39, 0.29) is 11.3 Å². The lowest BCUT2D eigenvalue weighted by atomic mass is 10.1. The fourth-order valence-electron chi connectivity index (χ4n) is 2.28. The normalized spacial score (nSPS) is 13.3. The Labute approximate surface area is 112 Å². The molecule has 0 radical (unpaired) electrons. The lowest BCUT2D eigenvalue weighted by molar-refractivity contribution is -0.254. The number of amides is 1. The number of fused-ring (bicyclic) bond motifs is 1. The lowest BCUT2D eigenvalue weighted by Gasteiger charge is -2.07. The summed E-state index contributed by atoms with van der Waals surface area (Å²) >= 11 is 1.31. The van der Waals surface area contributed by atoms with E-state index in [0.717, 1.165) is 29.7 Å². The number of rotatable bonds is 3. The zero-order valence-electron chi connectivity index (χ0n) is 9.89. The van der Waals surface area contributed by atoms with E-state index in [2.05, 4.69) is 5.32 Å². The van der Waals surface area contributed by atoms with Crippen LogP contribution < -0.4 is 10.4 Å². The second-order valence-corrected chi connectivity index (χ2v) is 5.39. The third-order valence-corrected chi connectivity index (χ3v) is 4.30. The van der Waals surface area contributed by atoms with E-state index in [4.69, 9.17) is 4.42 Å². The number of hydrogen-bond donors (Lipinski definition) is 1. The Morgan fingerprint density at radius 2 is 2.21 bits per heavy atom. The predicted molar refractivity (Wildman–Crippen MR) is 67.3 cm³/mol. The molecule has 0 bridgehead atoms. The van der Waals surface area contributed by atoms with Gasteiger partial charge in [-0.2, -0.15) is 0 Å². The van der Waals surface area contributed by atoms with Crippen LogP contribution in [-0.2, 0) is 12.8 Å². The summed E-state index contributed by atoms with van der Waals surface area (Å²) in [6.45, 7) is 0. The molecule has 0 saturated carbocycles. The molecule has 0 saturated heterocycles. The van der Waals surface area contributed by atoms with Gasteiger partial charge in [0.15, 0.2) is 5.76 Å². The van der Waals surface area contributed by atoms with Crippen molar-refractivity contribution < 1.29 is 19.1 Å². The van der Waals surface area contributed by atoms with Crippen LogP contribution in [0.25, 0.3) is 0 Å². The van der Waals surface area contributed by atoms with Crippen molar-refractivity contribution in [2.45, 2.75) is 19.3 Å². The summed E-state index contributed by atoms with van der Waals surface area (Å²) in [5.41, 5.74) is 0.928. The maximum Gasteiger partial charge on any atom is 0.291 e. The number of thiophene rings is 1. The molecule has 5 nitrogen and oxygen atoms in total. The van der Waals surface area contributed by atoms with Gasteiger partial charge in [0.25, 0.3) is 5.91 Å². The van der Waals surface area contributed by atoms with Crippen molar-refractivity contribution in [2.75, 3.05) is 5.32 Å². The van der Waals surface area contributed by atoms with Gasteiger partial charge in [-0.1, -0.05) is 0 Å². The molecule has 2 aromatic heterocycles. The molecule has 1 aliphatic rings. The fourth-order valence-corrected chi connectivity index (χ4v) is 3.55. The van der Waals surface area contributed by atoms with Gasteiger partial charge >= 0.3 is 0 Å². The van der Waals surface area contributed by atoms with Crippen LogP contribution in [0.5, 0.6) is 0 Å². The van der Waals surface area contributed by atoms with Crippen LogP contribution in [0.4, 0.5) is 5.00 Å². The number of nitrogens with one attached hydrogen (secondary N) is 1. The van der Waals surface area contributed by atoms with Gasteiger partial charge in [-0.25, -0.2) is 0 Å². The first-order valence-electron chi connectivity index (χ1n) is 5.87. The first-order chi connectivity index (χ1) is 9.16. The van der Waals surface area contributed by atoms with Crippen molar-refractivity contribution in [1.82, 2.24) is 0 Å². The number of carboxylic acids is 1. The summed E-state index contributed by atoms with van der Waals surface area (Å²) in [6.07, 6.45) is 3.93. The van der Waals surface area contributed by atoms with Crippen LogP contribution in [0, 0.1) is 0 Å². The van der Waals surface area contributed by atoms with Gasteiger partial charge in [0.05, 0.1) is 12.2 Å². The van der Waals surface area contributed by atoms with Crippen molar-refractivity contribution in [2.24, 2.45) is 0 Å². The zero-order chi connectivity index (χ0) is 13.4. The Kier molecular flexibility index (Phi) is 2.87. The smallest absolute Gasteiger partial charge is 0.291 e. The lowest BCUT2D eigenvalue weighted by Crippen LogP contribution is -2.25. The topological polar surface area (TPSA) is 82.4 Å². The second-order valence-electron chi connectivity index (χ2n) is 4.28. The Morgan fingerprint density at radius 1 is 1.37 bits per heavy atom. The van der Waals surface area contributed by atoms with E-state index in [1.54, 1.807) is 6.07 Å². The SMILES string of the molecule is O=C(Nc1sc2c(c1C(=O)[O-])CCC2)c1ccco1. The van der Waals surface area contributed by atoms with E-state index in [1.807, 2.05) is 0 Å². The molecule has 0 aliphatic heterocycles. The highest BCUT2D eigenvalue weighted by Crippen LogP contribution is 2.38.